The van der Waals surface area contributed by atoms with E-state index >= 15 is 0 Å². The third kappa shape index (κ3) is 12.0. The van der Waals surface area contributed by atoms with E-state index in [1.807, 2.05) is 32.0 Å². The van der Waals surface area contributed by atoms with Gasteiger partial charge in [-0.25, -0.2) is 0 Å². The molecule has 9 heteroatoms. The standard InChI is InChI=1S/C29H51N3O6/c1-18(2)22(14-21-9-10-26(37-7)27(15-21)38-12-8-11-36-6)16-24(30)25(33)17-23(19(3)4)29(35)32-20(5)13-28(31)34/h9-10,15,18-20,22-25,33H,8,11-14,16-17,30H2,1-7H3,(H2,31,34)(H,32,35)/t20?,22-,23-,24-,25-/m0/s1. The second kappa shape index (κ2) is 17.3. The largest absolute Gasteiger partial charge is 0.493 e. The maximum atomic E-state index is 12.9. The van der Waals surface area contributed by atoms with Gasteiger partial charge < -0.3 is 36.1 Å². The Balaban J connectivity index is 2.86. The summed E-state index contributed by atoms with van der Waals surface area (Å²) in [6, 6.07) is 5.11. The van der Waals surface area contributed by atoms with E-state index in [2.05, 4.69) is 19.2 Å². The molecule has 1 aromatic rings. The van der Waals surface area contributed by atoms with Crippen molar-refractivity contribution in [2.75, 3.05) is 27.4 Å². The lowest BCUT2D eigenvalue weighted by Crippen LogP contribution is -2.45. The molecule has 0 radical (unpaired) electrons. The molecule has 1 unspecified atom stereocenters. The fourth-order valence-electron chi connectivity index (χ4n) is 4.57. The van der Waals surface area contributed by atoms with E-state index in [1.165, 1.54) is 0 Å². The molecule has 0 saturated carbocycles. The average Bonchev–Trinajstić information content (AvgIpc) is 2.83. The smallest absolute Gasteiger partial charge is 0.223 e. The highest BCUT2D eigenvalue weighted by Gasteiger charge is 2.30. The van der Waals surface area contributed by atoms with Crippen LogP contribution in [0.3, 0.4) is 0 Å². The number of rotatable bonds is 19. The van der Waals surface area contributed by atoms with E-state index in [1.54, 1.807) is 21.1 Å². The van der Waals surface area contributed by atoms with E-state index in [-0.39, 0.29) is 36.6 Å². The number of primary amides is 1. The fraction of sp³-hybridized carbons (Fsp3) is 0.724. The number of aliphatic hydroxyl groups excluding tert-OH is 1. The quantitative estimate of drug-likeness (QED) is 0.198. The van der Waals surface area contributed by atoms with Gasteiger partial charge in [-0.3, -0.25) is 9.59 Å². The van der Waals surface area contributed by atoms with Crippen LogP contribution in [0.15, 0.2) is 18.2 Å². The van der Waals surface area contributed by atoms with Crippen LogP contribution in [0.25, 0.3) is 0 Å². The summed E-state index contributed by atoms with van der Waals surface area (Å²) in [6.07, 6.45) is 1.65. The molecule has 38 heavy (non-hydrogen) atoms. The van der Waals surface area contributed by atoms with Gasteiger partial charge in [0, 0.05) is 44.6 Å². The number of carbonyl (C=O) groups excluding carboxylic acids is 2. The number of methoxy groups -OCH3 is 2. The maximum absolute atomic E-state index is 12.9. The van der Waals surface area contributed by atoms with E-state index in [4.69, 9.17) is 25.7 Å². The van der Waals surface area contributed by atoms with Crippen LogP contribution < -0.4 is 26.3 Å². The van der Waals surface area contributed by atoms with Gasteiger partial charge in [-0.05, 0) is 61.6 Å². The molecule has 2 amide bonds. The molecule has 0 aliphatic rings. The molecule has 1 aromatic carbocycles. The normalized spacial score (nSPS) is 15.6. The molecule has 0 aromatic heterocycles. The van der Waals surface area contributed by atoms with Gasteiger partial charge in [0.2, 0.25) is 11.8 Å². The Labute approximate surface area is 229 Å². The number of nitrogens with two attached hydrogens (primary N) is 2. The minimum atomic E-state index is -0.837. The highest BCUT2D eigenvalue weighted by Crippen LogP contribution is 2.31. The predicted octanol–water partition coefficient (Wildman–Crippen LogP) is 3.05. The molecule has 0 aliphatic heterocycles. The molecule has 1 rings (SSSR count). The Kier molecular flexibility index (Phi) is 15.3. The highest BCUT2D eigenvalue weighted by molar-refractivity contribution is 5.80. The summed E-state index contributed by atoms with van der Waals surface area (Å²) in [5.41, 5.74) is 12.8. The molecule has 5 atom stereocenters. The first-order valence-electron chi connectivity index (χ1n) is 13.7. The van der Waals surface area contributed by atoms with Gasteiger partial charge in [0.25, 0.3) is 0 Å². The van der Waals surface area contributed by atoms with Gasteiger partial charge in [-0.1, -0.05) is 33.8 Å². The van der Waals surface area contributed by atoms with Crippen LogP contribution in [0.5, 0.6) is 11.5 Å². The van der Waals surface area contributed by atoms with Crippen LogP contribution in [0.1, 0.15) is 65.9 Å². The minimum absolute atomic E-state index is 0.000123. The zero-order chi connectivity index (χ0) is 28.8. The van der Waals surface area contributed by atoms with Crippen molar-refractivity contribution in [2.24, 2.45) is 35.1 Å². The monoisotopic (exact) mass is 537 g/mol. The minimum Gasteiger partial charge on any atom is -0.493 e. The van der Waals surface area contributed by atoms with E-state index in [0.717, 1.165) is 18.4 Å². The van der Waals surface area contributed by atoms with E-state index in [9.17, 15) is 14.7 Å². The summed E-state index contributed by atoms with van der Waals surface area (Å²) in [7, 11) is 3.29. The Bertz CT molecular complexity index is 848. The molecule has 0 aliphatic carbocycles. The molecule has 9 nitrogen and oxygen atoms in total. The predicted molar refractivity (Wildman–Crippen MR) is 150 cm³/mol. The molecular formula is C29H51N3O6. The van der Waals surface area contributed by atoms with Crippen molar-refractivity contribution in [1.82, 2.24) is 5.32 Å². The van der Waals surface area contributed by atoms with Crippen LogP contribution in [-0.2, 0) is 20.7 Å². The number of hydrogen-bond donors (Lipinski definition) is 4. The third-order valence-electron chi connectivity index (χ3n) is 7.02. The topological polar surface area (TPSA) is 146 Å². The molecule has 0 bridgehead atoms. The van der Waals surface area contributed by atoms with Crippen molar-refractivity contribution in [2.45, 2.75) is 84.9 Å². The lowest BCUT2D eigenvalue weighted by atomic mass is 9.80. The number of aliphatic hydroxyl groups is 1. The number of benzene rings is 1. The van der Waals surface area contributed by atoms with Crippen LogP contribution in [0, 0.1) is 23.7 Å². The van der Waals surface area contributed by atoms with Crippen molar-refractivity contribution in [1.29, 1.82) is 0 Å². The summed E-state index contributed by atoms with van der Waals surface area (Å²) in [5, 5.41) is 13.8. The van der Waals surface area contributed by atoms with E-state index < -0.39 is 24.0 Å². The van der Waals surface area contributed by atoms with Crippen LogP contribution >= 0.6 is 0 Å². The SMILES string of the molecule is COCCCOc1cc(C[C@@H](C[C@H](N)[C@@H](O)C[C@H](C(=O)NC(C)CC(N)=O)C(C)C)C(C)C)ccc1OC. The van der Waals surface area contributed by atoms with Crippen LogP contribution in [0.4, 0.5) is 0 Å². The second-order valence-electron chi connectivity index (χ2n) is 11.0. The van der Waals surface area contributed by atoms with Crippen molar-refractivity contribution in [3.8, 4) is 11.5 Å². The van der Waals surface area contributed by atoms with E-state index in [0.29, 0.717) is 37.1 Å². The number of nitrogens with one attached hydrogen (secondary N) is 1. The summed E-state index contributed by atoms with van der Waals surface area (Å²) < 4.78 is 16.5. The molecule has 0 spiro atoms. The lowest BCUT2D eigenvalue weighted by molar-refractivity contribution is -0.128. The molecule has 0 fully saturated rings. The van der Waals surface area contributed by atoms with Gasteiger partial charge in [0.15, 0.2) is 11.5 Å². The first-order valence-corrected chi connectivity index (χ1v) is 13.7. The maximum Gasteiger partial charge on any atom is 0.223 e. The molecule has 0 saturated heterocycles. The number of hydrogen-bond acceptors (Lipinski definition) is 7. The first kappa shape index (κ1) is 33.7. The molecule has 0 heterocycles. The summed E-state index contributed by atoms with van der Waals surface area (Å²) in [4.78, 5) is 24.0. The van der Waals surface area contributed by atoms with Crippen molar-refractivity contribution in [3.05, 3.63) is 23.8 Å². The molecule has 218 valence electrons. The first-order chi connectivity index (χ1) is 17.9. The van der Waals surface area contributed by atoms with Gasteiger partial charge in [-0.15, -0.1) is 0 Å². The van der Waals surface area contributed by atoms with Gasteiger partial charge >= 0.3 is 0 Å². The fourth-order valence-corrected chi connectivity index (χ4v) is 4.57. The molecular weight excluding hydrogens is 486 g/mol. The highest BCUT2D eigenvalue weighted by atomic mass is 16.5. The van der Waals surface area contributed by atoms with Crippen LogP contribution in [0.2, 0.25) is 0 Å². The summed E-state index contributed by atoms with van der Waals surface area (Å²) in [6.45, 7) is 11.1. The Morgan fingerprint density at radius 1 is 1.00 bits per heavy atom. The van der Waals surface area contributed by atoms with Crippen molar-refractivity contribution >= 4 is 11.8 Å². The second-order valence-corrected chi connectivity index (χ2v) is 11.0. The zero-order valence-electron chi connectivity index (χ0n) is 24.4. The summed E-state index contributed by atoms with van der Waals surface area (Å²) >= 11 is 0. The number of amides is 2. The van der Waals surface area contributed by atoms with Gasteiger partial charge in [-0.2, -0.15) is 0 Å². The molecule has 6 N–H and O–H groups in total. The zero-order valence-corrected chi connectivity index (χ0v) is 24.4. The summed E-state index contributed by atoms with van der Waals surface area (Å²) in [5.74, 6) is 0.839. The lowest BCUT2D eigenvalue weighted by Gasteiger charge is -2.30. The van der Waals surface area contributed by atoms with Crippen molar-refractivity contribution < 1.29 is 28.9 Å². The Morgan fingerprint density at radius 3 is 2.24 bits per heavy atom. The number of carbonyl (C=O) groups is 2. The number of ether oxygens (including phenoxy) is 3. The van der Waals surface area contributed by atoms with Crippen LogP contribution in [-0.4, -0.2) is 62.5 Å². The average molecular weight is 538 g/mol. The third-order valence-corrected chi connectivity index (χ3v) is 7.02. The van der Waals surface area contributed by atoms with Gasteiger partial charge in [0.05, 0.1) is 19.8 Å². The van der Waals surface area contributed by atoms with Gasteiger partial charge in [0.1, 0.15) is 0 Å². The Hall–Kier alpha value is -2.36. The Morgan fingerprint density at radius 2 is 1.68 bits per heavy atom. The van der Waals surface area contributed by atoms with Crippen molar-refractivity contribution in [3.63, 3.8) is 0 Å².